The molecular weight excluding hydrogens is 345 g/mol. The van der Waals surface area contributed by atoms with E-state index in [9.17, 15) is 14.6 Å². The third kappa shape index (κ3) is 2.64. The van der Waals surface area contributed by atoms with Crippen LogP contribution in [-0.4, -0.2) is 67.4 Å². The van der Waals surface area contributed by atoms with Gasteiger partial charge in [0, 0.05) is 13.0 Å². The van der Waals surface area contributed by atoms with Gasteiger partial charge < -0.3 is 25.4 Å². The fourth-order valence-corrected chi connectivity index (χ4v) is 4.11. The van der Waals surface area contributed by atoms with Gasteiger partial charge in [0.25, 0.3) is 0 Å². The van der Waals surface area contributed by atoms with Gasteiger partial charge in [-0.05, 0) is 12.8 Å². The molecule has 3 heterocycles. The Balaban J connectivity index is 1.64. The number of halogens is 1. The molecule has 10 heteroatoms. The first-order valence-corrected chi connectivity index (χ1v) is 8.64. The minimum absolute atomic E-state index is 0.208. The Morgan fingerprint density at radius 2 is 2.12 bits per heavy atom. The van der Waals surface area contributed by atoms with E-state index >= 15 is 0 Å². The number of rotatable bonds is 4. The lowest BCUT2D eigenvalue weighted by Crippen LogP contribution is -2.45. The number of ether oxygens (including phenoxy) is 2. The summed E-state index contributed by atoms with van der Waals surface area (Å²) in [4.78, 5) is 12.2. The van der Waals surface area contributed by atoms with E-state index in [0.717, 1.165) is 6.42 Å². The van der Waals surface area contributed by atoms with Crippen molar-refractivity contribution in [3.63, 3.8) is 0 Å². The molecule has 2 fully saturated rings. The summed E-state index contributed by atoms with van der Waals surface area (Å²) in [7, 11) is 1.46. The highest BCUT2D eigenvalue weighted by atomic mass is 19.1. The molecule has 0 spiro atoms. The SMILES string of the molecule is CO[C@@H](C1CCC[C@@H]1F)[C@H]1O[C@@H](n2cnc3c(N)ncnc32)[C@H](O)[C@@H]1O. The number of hydrogen-bond acceptors (Lipinski definition) is 8. The van der Waals surface area contributed by atoms with Crippen LogP contribution in [0.2, 0.25) is 0 Å². The summed E-state index contributed by atoms with van der Waals surface area (Å²) in [6.07, 6.45) is -1.33. The second kappa shape index (κ2) is 6.69. The summed E-state index contributed by atoms with van der Waals surface area (Å²) in [5.41, 5.74) is 6.54. The number of alkyl halides is 1. The number of nitrogens with two attached hydrogens (primary N) is 1. The van der Waals surface area contributed by atoms with E-state index in [1.165, 1.54) is 24.3 Å². The van der Waals surface area contributed by atoms with Gasteiger partial charge in [-0.25, -0.2) is 19.3 Å². The Labute approximate surface area is 149 Å². The molecule has 1 unspecified atom stereocenters. The van der Waals surface area contributed by atoms with Crippen molar-refractivity contribution in [1.29, 1.82) is 0 Å². The first kappa shape index (κ1) is 17.5. The maximum atomic E-state index is 14.2. The van der Waals surface area contributed by atoms with Crippen molar-refractivity contribution in [2.45, 2.75) is 56.1 Å². The van der Waals surface area contributed by atoms with Crippen LogP contribution in [-0.2, 0) is 9.47 Å². The monoisotopic (exact) mass is 367 g/mol. The van der Waals surface area contributed by atoms with Crippen LogP contribution < -0.4 is 5.73 Å². The lowest BCUT2D eigenvalue weighted by Gasteiger charge is -2.30. The molecule has 0 aromatic carbocycles. The van der Waals surface area contributed by atoms with E-state index in [1.54, 1.807) is 0 Å². The molecule has 4 N–H and O–H groups in total. The standard InChI is InChI=1S/C16H22FN5O4/c1-25-12(7-3-2-4-8(7)17)13-10(23)11(24)16(26-13)22-6-21-9-14(18)19-5-20-15(9)22/h5-8,10-13,16,23-24H,2-4H2,1H3,(H2,18,19,20)/t7?,8-,10-,11+,12-,13-,16+/m0/s1. The van der Waals surface area contributed by atoms with Gasteiger partial charge in [-0.15, -0.1) is 0 Å². The molecule has 1 aliphatic heterocycles. The minimum atomic E-state index is -1.24. The molecule has 0 bridgehead atoms. The summed E-state index contributed by atoms with van der Waals surface area (Å²) in [6.45, 7) is 0. The molecule has 9 nitrogen and oxygen atoms in total. The molecule has 0 amide bonds. The number of anilines is 1. The highest BCUT2D eigenvalue weighted by Crippen LogP contribution is 2.40. The van der Waals surface area contributed by atoms with Crippen molar-refractivity contribution in [3.05, 3.63) is 12.7 Å². The Kier molecular flexibility index (Phi) is 4.51. The second-order valence-corrected chi connectivity index (χ2v) is 6.87. The van der Waals surface area contributed by atoms with E-state index in [0.29, 0.717) is 24.0 Å². The van der Waals surface area contributed by atoms with Crippen LogP contribution in [0.25, 0.3) is 11.2 Å². The normalized spacial score (nSPS) is 36.0. The van der Waals surface area contributed by atoms with Gasteiger partial charge in [0.2, 0.25) is 0 Å². The summed E-state index contributed by atoms with van der Waals surface area (Å²) >= 11 is 0. The molecule has 142 valence electrons. The smallest absolute Gasteiger partial charge is 0.167 e. The minimum Gasteiger partial charge on any atom is -0.387 e. The van der Waals surface area contributed by atoms with Crippen LogP contribution in [0.4, 0.5) is 10.2 Å². The van der Waals surface area contributed by atoms with Crippen LogP contribution in [0, 0.1) is 5.92 Å². The van der Waals surface area contributed by atoms with Crippen LogP contribution in [0.1, 0.15) is 25.5 Å². The van der Waals surface area contributed by atoms with Gasteiger partial charge in [0.15, 0.2) is 17.7 Å². The van der Waals surface area contributed by atoms with Crippen LogP contribution in [0.3, 0.4) is 0 Å². The Morgan fingerprint density at radius 3 is 2.81 bits per heavy atom. The van der Waals surface area contributed by atoms with Gasteiger partial charge in [-0.1, -0.05) is 6.42 Å². The number of hydrogen-bond donors (Lipinski definition) is 3. The molecule has 2 aromatic rings. The number of aromatic nitrogens is 4. The lowest BCUT2D eigenvalue weighted by molar-refractivity contribution is -0.120. The van der Waals surface area contributed by atoms with E-state index in [2.05, 4.69) is 15.0 Å². The average Bonchev–Trinajstić information content (AvgIpc) is 3.31. The third-order valence-corrected chi connectivity index (χ3v) is 5.44. The van der Waals surface area contributed by atoms with Crippen molar-refractivity contribution in [1.82, 2.24) is 19.5 Å². The number of aliphatic hydroxyl groups is 2. The van der Waals surface area contributed by atoms with Crippen LogP contribution >= 0.6 is 0 Å². The summed E-state index contributed by atoms with van der Waals surface area (Å²) in [5, 5.41) is 21.1. The summed E-state index contributed by atoms with van der Waals surface area (Å²) < 4.78 is 27.1. The fraction of sp³-hybridized carbons (Fsp3) is 0.688. The van der Waals surface area contributed by atoms with E-state index in [1.807, 2.05) is 0 Å². The fourth-order valence-electron chi connectivity index (χ4n) is 4.11. The molecule has 4 rings (SSSR count). The Bertz CT molecular complexity index is 789. The van der Waals surface area contributed by atoms with Gasteiger partial charge in [0.05, 0.1) is 12.4 Å². The first-order chi connectivity index (χ1) is 12.5. The van der Waals surface area contributed by atoms with E-state index in [4.69, 9.17) is 15.2 Å². The van der Waals surface area contributed by atoms with Crippen molar-refractivity contribution in [3.8, 4) is 0 Å². The van der Waals surface area contributed by atoms with Gasteiger partial charge >= 0.3 is 0 Å². The molecule has 0 radical (unpaired) electrons. The van der Waals surface area contributed by atoms with Crippen LogP contribution in [0.5, 0.6) is 0 Å². The van der Waals surface area contributed by atoms with Crippen molar-refractivity contribution in [2.24, 2.45) is 5.92 Å². The molecule has 26 heavy (non-hydrogen) atoms. The quantitative estimate of drug-likeness (QED) is 0.698. The van der Waals surface area contributed by atoms with Crippen molar-refractivity contribution >= 4 is 17.0 Å². The number of fused-ring (bicyclic) bond motifs is 1. The van der Waals surface area contributed by atoms with Crippen molar-refractivity contribution in [2.75, 3.05) is 12.8 Å². The van der Waals surface area contributed by atoms with Gasteiger partial charge in [0.1, 0.15) is 36.3 Å². The molecule has 7 atom stereocenters. The highest BCUT2D eigenvalue weighted by molar-refractivity contribution is 5.81. The topological polar surface area (TPSA) is 129 Å². The molecule has 2 aromatic heterocycles. The number of nitrogen functional groups attached to an aromatic ring is 1. The predicted molar refractivity (Wildman–Crippen MR) is 88.7 cm³/mol. The molecule has 1 aliphatic carbocycles. The zero-order chi connectivity index (χ0) is 18.4. The van der Waals surface area contributed by atoms with E-state index < -0.39 is 36.8 Å². The number of methoxy groups -OCH3 is 1. The lowest BCUT2D eigenvalue weighted by atomic mass is 9.92. The first-order valence-electron chi connectivity index (χ1n) is 8.64. The van der Waals surface area contributed by atoms with Gasteiger partial charge in [-0.3, -0.25) is 4.57 Å². The highest BCUT2D eigenvalue weighted by Gasteiger charge is 2.51. The second-order valence-electron chi connectivity index (χ2n) is 6.87. The zero-order valence-electron chi connectivity index (χ0n) is 14.3. The zero-order valence-corrected chi connectivity index (χ0v) is 14.3. The summed E-state index contributed by atoms with van der Waals surface area (Å²) in [5.74, 6) is -0.164. The maximum Gasteiger partial charge on any atom is 0.167 e. The molecule has 1 saturated carbocycles. The molecule has 1 saturated heterocycles. The van der Waals surface area contributed by atoms with Crippen molar-refractivity contribution < 1.29 is 24.1 Å². The summed E-state index contributed by atoms with van der Waals surface area (Å²) in [6, 6.07) is 0. The maximum absolute atomic E-state index is 14.2. The number of aliphatic hydroxyl groups excluding tert-OH is 2. The third-order valence-electron chi connectivity index (χ3n) is 5.44. The molecule has 2 aliphatic rings. The number of imidazole rings is 1. The van der Waals surface area contributed by atoms with Gasteiger partial charge in [-0.2, -0.15) is 0 Å². The number of nitrogens with zero attached hydrogens (tertiary/aromatic N) is 4. The molecular formula is C16H22FN5O4. The van der Waals surface area contributed by atoms with E-state index in [-0.39, 0.29) is 11.7 Å². The Morgan fingerprint density at radius 1 is 1.31 bits per heavy atom. The Hall–Kier alpha value is -1.88. The average molecular weight is 367 g/mol. The van der Waals surface area contributed by atoms with Crippen LogP contribution in [0.15, 0.2) is 12.7 Å². The largest absolute Gasteiger partial charge is 0.387 e. The predicted octanol–water partition coefficient (Wildman–Crippen LogP) is 0.181.